The minimum Gasteiger partial charge on any atom is -0.580 e. The third kappa shape index (κ3) is 50.7. The zero-order chi connectivity index (χ0) is 3.58. The van der Waals surface area contributed by atoms with Gasteiger partial charge in [0.25, 0.3) is 0 Å². The van der Waals surface area contributed by atoms with Crippen LogP contribution in [0.25, 0.3) is 0 Å². The van der Waals surface area contributed by atoms with E-state index in [0.717, 1.165) is 0 Å². The highest BCUT2D eigenvalue weighted by Crippen LogP contribution is 0.807. The molecule has 0 spiro atoms. The molecule has 0 heterocycles. The minimum atomic E-state index is -1.33. The predicted molar refractivity (Wildman–Crippen MR) is 10.3 cm³/mol. The van der Waals surface area contributed by atoms with Crippen molar-refractivity contribution in [2.24, 2.45) is 5.84 Å². The zero-order valence-corrected chi connectivity index (χ0v) is 1.93. The molecule has 0 fully saturated rings. The molecule has 4 N–H and O–H groups in total. The van der Waals surface area contributed by atoms with Gasteiger partial charge >= 0.3 is 0 Å². The number of quaternary nitrogens is 1. The molecule has 26 valence electrons. The first kappa shape index (κ1) is 3.84. The average Bonchev–Trinajstić information content (AvgIpc) is 0.811. The van der Waals surface area contributed by atoms with Crippen LogP contribution in [0.3, 0.4) is 0 Å². The van der Waals surface area contributed by atoms with E-state index >= 15 is 0 Å². The summed E-state index contributed by atoms with van der Waals surface area (Å²) in [6.45, 7) is 0. The molecule has 0 saturated carbocycles. The molecule has 4 nitrogen and oxygen atoms in total. The van der Waals surface area contributed by atoms with Crippen LogP contribution in [0.15, 0.2) is 0 Å². The van der Waals surface area contributed by atoms with Crippen molar-refractivity contribution in [1.82, 2.24) is 0 Å². The summed E-state index contributed by atoms with van der Waals surface area (Å²) in [7, 11) is 0. The van der Waals surface area contributed by atoms with E-state index in [0.29, 0.717) is 0 Å². The van der Waals surface area contributed by atoms with Crippen molar-refractivity contribution >= 4 is 0 Å². The molecule has 0 bridgehead atoms. The van der Waals surface area contributed by atoms with Crippen LogP contribution in [0.2, 0.25) is 0 Å². The molecular weight excluding hydrogens is 60.0 g/mol. The van der Waals surface area contributed by atoms with Gasteiger partial charge in [-0.25, -0.2) is 0 Å². The van der Waals surface area contributed by atoms with E-state index in [1.54, 1.807) is 0 Å². The molecule has 1 atom stereocenters. The monoisotopic (exact) mass is 64.0 g/mol. The van der Waals surface area contributed by atoms with Crippen molar-refractivity contribution in [1.29, 1.82) is 0 Å². The van der Waals surface area contributed by atoms with Gasteiger partial charge in [0, 0.05) is 0 Å². The van der Waals surface area contributed by atoms with Gasteiger partial charge in [-0.05, 0) is 0 Å². The predicted octanol–water partition coefficient (Wildman–Crippen LogP) is -2.37. The molecule has 0 saturated heterocycles. The highest BCUT2D eigenvalue weighted by Gasteiger charge is 1.51. The fourth-order valence-corrected chi connectivity index (χ4v) is 0. The average molecular weight is 64.0 g/mol. The standard InChI is InChI=1S/H4N2O2/c1-2(3)4/h2-3H,1H2. The Morgan fingerprint density at radius 1 is 2.00 bits per heavy atom. The van der Waals surface area contributed by atoms with E-state index in [4.69, 9.17) is 10.4 Å². The topological polar surface area (TPSA) is 73.8 Å². The van der Waals surface area contributed by atoms with E-state index in [9.17, 15) is 0 Å². The number of nitrogens with one attached hydrogen (secondary N) is 1. The van der Waals surface area contributed by atoms with Gasteiger partial charge in [-0.3, -0.25) is 0 Å². The molecular formula is H4N2O2. The quantitative estimate of drug-likeness (QED) is 0.218. The van der Waals surface area contributed by atoms with Crippen LogP contribution >= 0.6 is 0 Å². The minimum absolute atomic E-state index is 1.33. The summed E-state index contributed by atoms with van der Waals surface area (Å²) >= 11 is 0. The maximum atomic E-state index is 8.78. The Morgan fingerprint density at radius 3 is 2.00 bits per heavy atom. The molecule has 0 amide bonds. The van der Waals surface area contributed by atoms with Gasteiger partial charge in [0.2, 0.25) is 0 Å². The van der Waals surface area contributed by atoms with Gasteiger partial charge in [-0.1, -0.05) is 0 Å². The van der Waals surface area contributed by atoms with Crippen molar-refractivity contribution in [3.8, 4) is 0 Å². The molecule has 0 aliphatic rings. The fraction of sp³-hybridized carbons (Fsp3) is 0. The van der Waals surface area contributed by atoms with Crippen LogP contribution in [0.5, 0.6) is 0 Å². The smallest absolute Gasteiger partial charge is 0.149 e. The van der Waals surface area contributed by atoms with Crippen LogP contribution in [0.4, 0.5) is 0 Å². The summed E-state index contributed by atoms with van der Waals surface area (Å²) < 4.78 is 0. The van der Waals surface area contributed by atoms with Crippen molar-refractivity contribution in [3.63, 3.8) is 0 Å². The van der Waals surface area contributed by atoms with Gasteiger partial charge in [-0.15, -0.1) is 5.84 Å². The van der Waals surface area contributed by atoms with Crippen molar-refractivity contribution in [2.75, 3.05) is 0 Å². The van der Waals surface area contributed by atoms with Gasteiger partial charge in [0.15, 0.2) is 0 Å². The third-order valence-corrected chi connectivity index (χ3v) is 0. The van der Waals surface area contributed by atoms with Crippen LogP contribution < -0.4 is 11.2 Å². The van der Waals surface area contributed by atoms with Crippen LogP contribution in [0.1, 0.15) is 0 Å². The summed E-state index contributed by atoms with van der Waals surface area (Å²) in [6, 6.07) is 0. The second kappa shape index (κ2) is 1.19. The summed E-state index contributed by atoms with van der Waals surface area (Å²) in [4.78, 5) is 0. The molecule has 4 heteroatoms. The number of rotatable bonds is 0. The lowest BCUT2D eigenvalue weighted by molar-refractivity contribution is -1.06. The van der Waals surface area contributed by atoms with Gasteiger partial charge in [0.05, 0.1) is 0 Å². The molecule has 0 radical (unpaired) electrons. The normalized spacial score (nSPS) is 15.8. The second-order valence-electron chi connectivity index (χ2n) is 0.338. The lowest BCUT2D eigenvalue weighted by atomic mass is 12.7. The van der Waals surface area contributed by atoms with E-state index in [2.05, 4.69) is 5.84 Å². The van der Waals surface area contributed by atoms with Gasteiger partial charge in [0.1, 0.15) is 0 Å². The molecule has 0 rings (SSSR count). The molecule has 0 aliphatic heterocycles. The number of nitrogens with two attached hydrogens (primary N) is 1. The van der Waals surface area contributed by atoms with Crippen LogP contribution in [0, 0.1) is 5.21 Å². The van der Waals surface area contributed by atoms with E-state index in [1.807, 2.05) is 0 Å². The van der Waals surface area contributed by atoms with Crippen LogP contribution in [-0.2, 0) is 0 Å². The lowest BCUT2D eigenvalue weighted by Crippen LogP contribution is -3.10. The fourth-order valence-electron chi connectivity index (χ4n) is 0. The van der Waals surface area contributed by atoms with Gasteiger partial charge < -0.3 is 5.21 Å². The van der Waals surface area contributed by atoms with E-state index in [-0.39, 0.29) is 0 Å². The summed E-state index contributed by atoms with van der Waals surface area (Å²) in [6.07, 6.45) is 0. The van der Waals surface area contributed by atoms with Crippen molar-refractivity contribution in [3.05, 3.63) is 5.21 Å². The first-order chi connectivity index (χ1) is 1.73. The zero-order valence-electron chi connectivity index (χ0n) is 1.93. The van der Waals surface area contributed by atoms with Crippen molar-refractivity contribution < 1.29 is 10.5 Å². The third-order valence-electron chi connectivity index (χ3n) is 0. The number of hydrogen-bond donors (Lipinski definition) is 3. The largest absolute Gasteiger partial charge is 0.580 e. The maximum absolute atomic E-state index is 8.78. The van der Waals surface area contributed by atoms with E-state index in [1.165, 1.54) is 0 Å². The molecule has 1 unspecified atom stereocenters. The summed E-state index contributed by atoms with van der Waals surface area (Å²) in [5.74, 6) is 4.03. The Kier molecular flexibility index (Phi) is 1.14. The Hall–Kier alpha value is -0.160. The Morgan fingerprint density at radius 2 is 2.00 bits per heavy atom. The molecule has 0 aromatic rings. The maximum Gasteiger partial charge on any atom is -0.149 e. The summed E-state index contributed by atoms with van der Waals surface area (Å²) in [5.41, 5.74) is 0. The number of hydrogen-bond acceptors (Lipinski definition) is 3. The van der Waals surface area contributed by atoms with E-state index < -0.39 is 5.34 Å². The lowest BCUT2D eigenvalue weighted by Gasteiger charge is -1.98. The Bertz CT molecular complexity index is 8.75. The molecule has 0 aromatic carbocycles. The highest BCUT2D eigenvalue weighted by molar-refractivity contribution is 3.74. The highest BCUT2D eigenvalue weighted by atomic mass is 16.8. The molecule has 0 aliphatic carbocycles. The molecule has 0 aromatic heterocycles. The summed E-state index contributed by atoms with van der Waals surface area (Å²) in [5, 5.41) is 14.6. The Balaban J connectivity index is 2.32. The van der Waals surface area contributed by atoms with Crippen LogP contribution in [-0.4, -0.2) is 5.21 Å². The second-order valence-corrected chi connectivity index (χ2v) is 0.338. The van der Waals surface area contributed by atoms with Gasteiger partial charge in [-0.2, -0.15) is 10.5 Å². The van der Waals surface area contributed by atoms with Crippen molar-refractivity contribution in [2.45, 2.75) is 0 Å². The Labute approximate surface area is 22.9 Å². The molecule has 4 heavy (non-hydrogen) atoms. The first-order valence-corrected chi connectivity index (χ1v) is 0.716. The first-order valence-electron chi connectivity index (χ1n) is 0.716. The SMILES string of the molecule is N[NH+]([O-])O.